The zero-order chi connectivity index (χ0) is 15.8. The van der Waals surface area contributed by atoms with E-state index < -0.39 is 0 Å². The van der Waals surface area contributed by atoms with Gasteiger partial charge < -0.3 is 5.32 Å². The molecule has 2 aliphatic carbocycles. The fourth-order valence-electron chi connectivity index (χ4n) is 4.81. The summed E-state index contributed by atoms with van der Waals surface area (Å²) in [7, 11) is 0. The van der Waals surface area contributed by atoms with E-state index in [2.05, 4.69) is 35.3 Å². The molecule has 2 bridgehead atoms. The molecule has 3 aliphatic rings. The summed E-state index contributed by atoms with van der Waals surface area (Å²) in [5.41, 5.74) is 0.264. The lowest BCUT2D eigenvalue weighted by atomic mass is 9.67. The number of fused-ring (bicyclic) bond motifs is 2. The van der Waals surface area contributed by atoms with Crippen molar-refractivity contribution in [3.8, 4) is 12.3 Å². The summed E-state index contributed by atoms with van der Waals surface area (Å²) in [6.45, 7) is 5.37. The second-order valence-corrected chi connectivity index (χ2v) is 7.94. The molecule has 0 aromatic rings. The van der Waals surface area contributed by atoms with Crippen molar-refractivity contribution in [3.63, 3.8) is 0 Å². The van der Waals surface area contributed by atoms with E-state index in [1.54, 1.807) is 0 Å². The molecule has 1 aliphatic heterocycles. The van der Waals surface area contributed by atoms with Crippen LogP contribution in [0.15, 0.2) is 10.2 Å². The zero-order valence-electron chi connectivity index (χ0n) is 13.8. The Morgan fingerprint density at radius 1 is 1.27 bits per heavy atom. The molecule has 4 heteroatoms. The van der Waals surface area contributed by atoms with Crippen molar-refractivity contribution >= 4 is 5.91 Å². The molecule has 22 heavy (non-hydrogen) atoms. The topological polar surface area (TPSA) is 53.8 Å². The molecule has 1 heterocycles. The minimum Gasteiger partial charge on any atom is -0.356 e. The molecule has 4 nitrogen and oxygen atoms in total. The Balaban J connectivity index is 1.45. The monoisotopic (exact) mass is 301 g/mol. The summed E-state index contributed by atoms with van der Waals surface area (Å²) in [6.07, 6.45) is 13.3. The third kappa shape index (κ3) is 2.55. The van der Waals surface area contributed by atoms with Gasteiger partial charge >= 0.3 is 0 Å². The number of amides is 1. The van der Waals surface area contributed by atoms with Crippen LogP contribution in [0, 0.1) is 29.1 Å². The summed E-state index contributed by atoms with van der Waals surface area (Å²) >= 11 is 0. The fraction of sp³-hybridized carbons (Fsp3) is 0.833. The molecule has 0 unspecified atom stereocenters. The van der Waals surface area contributed by atoms with Crippen LogP contribution in [0.4, 0.5) is 0 Å². The zero-order valence-corrected chi connectivity index (χ0v) is 13.8. The first-order valence-corrected chi connectivity index (χ1v) is 8.57. The van der Waals surface area contributed by atoms with Crippen LogP contribution in [0.2, 0.25) is 0 Å². The first kappa shape index (κ1) is 15.5. The lowest BCUT2D eigenvalue weighted by Crippen LogP contribution is -2.37. The van der Waals surface area contributed by atoms with Crippen molar-refractivity contribution in [2.24, 2.45) is 27.0 Å². The van der Waals surface area contributed by atoms with Gasteiger partial charge in [-0.1, -0.05) is 13.8 Å². The molecule has 2 fully saturated rings. The van der Waals surface area contributed by atoms with Crippen molar-refractivity contribution in [1.82, 2.24) is 5.32 Å². The maximum absolute atomic E-state index is 12.4. The van der Waals surface area contributed by atoms with Gasteiger partial charge in [-0.15, -0.1) is 12.3 Å². The van der Waals surface area contributed by atoms with E-state index >= 15 is 0 Å². The van der Waals surface area contributed by atoms with Gasteiger partial charge in [-0.2, -0.15) is 10.2 Å². The second kappa shape index (κ2) is 5.37. The van der Waals surface area contributed by atoms with Crippen LogP contribution in [0.1, 0.15) is 65.2 Å². The maximum atomic E-state index is 12.4. The standard InChI is InChI=1S/C18H27N3O/c1-4-5-8-18(20-21-18)11-12-19-15(22)13-17-9-6-14(7-10-17)16(17,2)3/h1,14H,5-13H2,2-3H3,(H,19,22). The molecule has 0 aromatic carbocycles. The number of carbonyl (C=O) groups excluding carboxylic acids is 1. The molecule has 120 valence electrons. The predicted molar refractivity (Wildman–Crippen MR) is 86.1 cm³/mol. The van der Waals surface area contributed by atoms with Crippen LogP contribution in [0.5, 0.6) is 0 Å². The van der Waals surface area contributed by atoms with Gasteiger partial charge in [0.15, 0.2) is 5.66 Å². The minimum atomic E-state index is -0.289. The largest absolute Gasteiger partial charge is 0.356 e. The number of hydrogen-bond acceptors (Lipinski definition) is 3. The van der Waals surface area contributed by atoms with Crippen LogP contribution < -0.4 is 5.32 Å². The van der Waals surface area contributed by atoms with Crippen molar-refractivity contribution in [2.75, 3.05) is 6.54 Å². The molecule has 0 aromatic heterocycles. The van der Waals surface area contributed by atoms with Crippen molar-refractivity contribution in [1.29, 1.82) is 0 Å². The van der Waals surface area contributed by atoms with Gasteiger partial charge in [0.05, 0.1) is 0 Å². The van der Waals surface area contributed by atoms with Crippen LogP contribution >= 0.6 is 0 Å². The Morgan fingerprint density at radius 3 is 2.45 bits per heavy atom. The van der Waals surface area contributed by atoms with Crippen molar-refractivity contribution in [2.45, 2.75) is 70.9 Å². The molecule has 0 spiro atoms. The highest BCUT2D eigenvalue weighted by atomic mass is 16.1. The van der Waals surface area contributed by atoms with E-state index in [-0.39, 0.29) is 17.0 Å². The quantitative estimate of drug-likeness (QED) is 0.717. The van der Waals surface area contributed by atoms with Gasteiger partial charge in [0, 0.05) is 32.2 Å². The highest BCUT2D eigenvalue weighted by Crippen LogP contribution is 2.67. The lowest BCUT2D eigenvalue weighted by molar-refractivity contribution is -0.124. The number of nitrogens with one attached hydrogen (secondary N) is 1. The van der Waals surface area contributed by atoms with Gasteiger partial charge in [0.2, 0.25) is 5.91 Å². The normalized spacial score (nSPS) is 32.7. The minimum absolute atomic E-state index is 0.198. The summed E-state index contributed by atoms with van der Waals surface area (Å²) < 4.78 is 0. The number of carbonyl (C=O) groups is 1. The summed E-state index contributed by atoms with van der Waals surface area (Å²) in [4.78, 5) is 12.4. The Morgan fingerprint density at radius 2 is 1.95 bits per heavy atom. The molecule has 3 rings (SSSR count). The Labute approximate surface area is 133 Å². The number of rotatable bonds is 7. The van der Waals surface area contributed by atoms with Crippen molar-refractivity contribution < 1.29 is 4.79 Å². The molecular weight excluding hydrogens is 274 g/mol. The van der Waals surface area contributed by atoms with Gasteiger partial charge in [0.25, 0.3) is 0 Å². The van der Waals surface area contributed by atoms with Crippen molar-refractivity contribution in [3.05, 3.63) is 0 Å². The first-order chi connectivity index (χ1) is 10.4. The molecule has 0 saturated heterocycles. The van der Waals surface area contributed by atoms with E-state index in [4.69, 9.17) is 6.42 Å². The SMILES string of the molecule is C#CCCC1(CCNC(=O)CC23CCC(CC2)C3(C)C)N=N1. The number of hydrogen-bond donors (Lipinski definition) is 1. The smallest absolute Gasteiger partial charge is 0.220 e. The average molecular weight is 301 g/mol. The number of nitrogens with zero attached hydrogens (tertiary/aromatic N) is 2. The maximum Gasteiger partial charge on any atom is 0.220 e. The highest BCUT2D eigenvalue weighted by Gasteiger charge is 2.59. The Hall–Kier alpha value is -1.37. The van der Waals surface area contributed by atoms with Crippen LogP contribution in [0.25, 0.3) is 0 Å². The third-order valence-corrected chi connectivity index (χ3v) is 6.73. The van der Waals surface area contributed by atoms with E-state index in [9.17, 15) is 4.79 Å². The molecular formula is C18H27N3O. The molecule has 0 atom stereocenters. The first-order valence-electron chi connectivity index (χ1n) is 8.57. The average Bonchev–Trinajstić information content (AvgIpc) is 3.16. The predicted octanol–water partition coefficient (Wildman–Crippen LogP) is 3.67. The van der Waals surface area contributed by atoms with E-state index in [0.717, 1.165) is 18.8 Å². The Kier molecular flexibility index (Phi) is 3.79. The Bertz CT molecular complexity index is 515. The van der Waals surface area contributed by atoms with Gasteiger partial charge in [-0.25, -0.2) is 0 Å². The van der Waals surface area contributed by atoms with Crippen LogP contribution in [0.3, 0.4) is 0 Å². The second-order valence-electron chi connectivity index (χ2n) is 7.94. The van der Waals surface area contributed by atoms with E-state index in [1.165, 1.54) is 25.7 Å². The highest BCUT2D eigenvalue weighted by molar-refractivity contribution is 5.77. The van der Waals surface area contributed by atoms with E-state index in [1.807, 2.05) is 0 Å². The van der Waals surface area contributed by atoms with E-state index in [0.29, 0.717) is 24.8 Å². The van der Waals surface area contributed by atoms with Crippen LogP contribution in [-0.4, -0.2) is 18.1 Å². The molecule has 1 amide bonds. The molecule has 2 saturated carbocycles. The molecule has 0 radical (unpaired) electrons. The third-order valence-electron chi connectivity index (χ3n) is 6.73. The lowest BCUT2D eigenvalue weighted by Gasteiger charge is -2.37. The van der Waals surface area contributed by atoms with Gasteiger partial charge in [-0.3, -0.25) is 4.79 Å². The summed E-state index contributed by atoms with van der Waals surface area (Å²) in [6, 6.07) is 0. The van der Waals surface area contributed by atoms with Gasteiger partial charge in [-0.05, 0) is 42.4 Å². The van der Waals surface area contributed by atoms with Crippen LogP contribution in [-0.2, 0) is 4.79 Å². The van der Waals surface area contributed by atoms with Gasteiger partial charge in [0.1, 0.15) is 0 Å². The summed E-state index contributed by atoms with van der Waals surface area (Å²) in [5, 5.41) is 11.3. The molecule has 1 N–H and O–H groups in total. The summed E-state index contributed by atoms with van der Waals surface area (Å²) in [5.74, 6) is 3.64. The fourth-order valence-corrected chi connectivity index (χ4v) is 4.81. The number of terminal acetylenes is 1.